The number of aliphatic carboxylic acids is 1. The third kappa shape index (κ3) is 8.50. The van der Waals surface area contributed by atoms with E-state index in [0.29, 0.717) is 28.9 Å². The number of fused-ring (bicyclic) bond motifs is 2. The van der Waals surface area contributed by atoms with Gasteiger partial charge in [0.2, 0.25) is 5.91 Å². The lowest BCUT2D eigenvalue weighted by molar-refractivity contribution is -0.140. The maximum atomic E-state index is 14.0. The minimum absolute atomic E-state index is 0.0265. The largest absolute Gasteiger partial charge is 0.481 e. The number of ether oxygens (including phenoxy) is 1. The molecule has 2 atom stereocenters. The van der Waals surface area contributed by atoms with Crippen molar-refractivity contribution in [2.24, 2.45) is 5.92 Å². The highest BCUT2D eigenvalue weighted by atomic mass is 35.5. The number of carbonyl (C=O) groups is 5. The molecule has 2 amide bonds. The predicted octanol–water partition coefficient (Wildman–Crippen LogP) is 3.26. The Labute approximate surface area is 317 Å². The van der Waals surface area contributed by atoms with Crippen molar-refractivity contribution in [1.82, 2.24) is 34.5 Å². The molecule has 54 heavy (non-hydrogen) atoms. The Kier molecular flexibility index (Phi) is 11.8. The highest BCUT2D eigenvalue weighted by molar-refractivity contribution is 6.39. The van der Waals surface area contributed by atoms with E-state index in [0.717, 1.165) is 51.6 Å². The second-order valence-electron chi connectivity index (χ2n) is 13.3. The molecule has 3 heterocycles. The lowest BCUT2D eigenvalue weighted by Gasteiger charge is -2.28. The van der Waals surface area contributed by atoms with Crippen LogP contribution in [0.2, 0.25) is 10.0 Å². The van der Waals surface area contributed by atoms with Gasteiger partial charge in [0.15, 0.2) is 18.4 Å². The SMILES string of the molecule is O=C(O)C[C@H](NC(=O)[C@@H]1C=C(CC2CCCCC2)Cn2c(=O)n(CCNC(=O)c3ccc4nc[nH]c4c3)c(=O)n21)C(=O)COC(=O)c1c(Cl)cccc1Cl. The summed E-state index contributed by atoms with van der Waals surface area (Å²) in [6, 6.07) is 6.10. The lowest BCUT2D eigenvalue weighted by Crippen LogP contribution is -2.49. The van der Waals surface area contributed by atoms with E-state index in [-0.39, 0.29) is 35.2 Å². The third-order valence-electron chi connectivity index (χ3n) is 9.59. The second kappa shape index (κ2) is 16.7. The predicted molar refractivity (Wildman–Crippen MR) is 196 cm³/mol. The number of nitrogens with zero attached hydrogens (tertiary/aromatic N) is 4. The van der Waals surface area contributed by atoms with Gasteiger partial charge in [0, 0.05) is 18.7 Å². The molecule has 0 unspecified atom stereocenters. The molecule has 18 heteroatoms. The minimum atomic E-state index is -1.67. The molecular formula is C36H37Cl2N7O9. The molecule has 1 aliphatic carbocycles. The van der Waals surface area contributed by atoms with E-state index in [1.54, 1.807) is 24.3 Å². The van der Waals surface area contributed by atoms with E-state index in [1.165, 1.54) is 24.5 Å². The number of Topliss-reactive ketones (excluding diaryl/α,β-unsaturated/α-hetero) is 1. The standard InChI is InChI=1S/C36H37Cl2N7O9/c37-23-7-4-8-24(38)31(23)34(51)54-18-29(46)27(16-30(47)48)42-33(50)28-14-21(13-20-5-2-1-3-6-20)17-44-35(52)43(36(53)45(28)44)12-11-39-32(49)22-9-10-25-26(15-22)41-19-40-25/h4,7-10,14-15,19-20,27-28H,1-3,5-6,11-13,16-18H2,(H,39,49)(H,40,41)(H,42,50)(H,47,48)/t27-,28-/m0/s1. The number of aromatic nitrogens is 5. The molecule has 0 saturated heterocycles. The van der Waals surface area contributed by atoms with Crippen LogP contribution in [0.15, 0.2) is 64.0 Å². The summed E-state index contributed by atoms with van der Waals surface area (Å²) in [6.07, 6.45) is 7.95. The summed E-state index contributed by atoms with van der Waals surface area (Å²) in [5, 5.41) is 14.6. The van der Waals surface area contributed by atoms with E-state index in [9.17, 15) is 38.7 Å². The number of ketones is 1. The average Bonchev–Trinajstić information content (AvgIpc) is 3.71. The minimum Gasteiger partial charge on any atom is -0.481 e. The monoisotopic (exact) mass is 781 g/mol. The van der Waals surface area contributed by atoms with E-state index in [2.05, 4.69) is 20.6 Å². The number of nitrogens with one attached hydrogen (secondary N) is 3. The van der Waals surface area contributed by atoms with Crippen molar-refractivity contribution in [3.63, 3.8) is 0 Å². The van der Waals surface area contributed by atoms with Gasteiger partial charge in [0.25, 0.3) is 5.91 Å². The van der Waals surface area contributed by atoms with Crippen molar-refractivity contribution in [3.05, 3.63) is 96.5 Å². The Bertz CT molecular complexity index is 2240. The quantitative estimate of drug-likeness (QED) is 0.108. The average molecular weight is 783 g/mol. The molecule has 0 bridgehead atoms. The van der Waals surface area contributed by atoms with Gasteiger partial charge in [-0.25, -0.2) is 33.3 Å². The first-order valence-corrected chi connectivity index (χ1v) is 18.2. The molecule has 1 saturated carbocycles. The number of carbonyl (C=O) groups excluding carboxylic acids is 4. The van der Waals surface area contributed by atoms with Crippen LogP contribution in [0, 0.1) is 5.92 Å². The first-order chi connectivity index (χ1) is 25.9. The molecule has 284 valence electrons. The Morgan fingerprint density at radius 1 is 1.02 bits per heavy atom. The van der Waals surface area contributed by atoms with Gasteiger partial charge in [0.1, 0.15) is 6.04 Å². The topological polar surface area (TPSA) is 216 Å². The van der Waals surface area contributed by atoms with Crippen LogP contribution in [0.3, 0.4) is 0 Å². The molecule has 16 nitrogen and oxygen atoms in total. The maximum absolute atomic E-state index is 14.0. The summed E-state index contributed by atoms with van der Waals surface area (Å²) < 4.78 is 8.12. The van der Waals surface area contributed by atoms with Crippen molar-refractivity contribution in [3.8, 4) is 0 Å². The molecule has 2 aromatic heterocycles. The highest BCUT2D eigenvalue weighted by Gasteiger charge is 2.35. The Morgan fingerprint density at radius 3 is 2.48 bits per heavy atom. The number of carboxylic acids is 1. The zero-order valence-electron chi connectivity index (χ0n) is 28.9. The van der Waals surface area contributed by atoms with Crippen LogP contribution in [0.1, 0.15) is 71.7 Å². The Balaban J connectivity index is 1.21. The van der Waals surface area contributed by atoms with Crippen LogP contribution < -0.4 is 22.0 Å². The van der Waals surface area contributed by atoms with Crippen molar-refractivity contribution >= 4 is 63.8 Å². The molecule has 0 radical (unpaired) electrons. The highest BCUT2D eigenvalue weighted by Crippen LogP contribution is 2.31. The number of esters is 1. The number of rotatable bonds is 14. The zero-order valence-corrected chi connectivity index (χ0v) is 30.4. The van der Waals surface area contributed by atoms with Crippen molar-refractivity contribution in [2.45, 2.75) is 70.1 Å². The fraction of sp³-hybridized carbons (Fsp3) is 0.389. The molecule has 2 aliphatic rings. The number of aromatic amines is 1. The van der Waals surface area contributed by atoms with Crippen LogP contribution in [0.4, 0.5) is 0 Å². The summed E-state index contributed by atoms with van der Waals surface area (Å²) in [7, 11) is 0. The van der Waals surface area contributed by atoms with Gasteiger partial charge in [-0.1, -0.05) is 61.4 Å². The molecule has 4 aromatic rings. The van der Waals surface area contributed by atoms with Gasteiger partial charge in [-0.2, -0.15) is 0 Å². The van der Waals surface area contributed by atoms with Crippen LogP contribution in [0.25, 0.3) is 11.0 Å². The van der Waals surface area contributed by atoms with Crippen molar-refractivity contribution in [2.75, 3.05) is 13.2 Å². The Morgan fingerprint density at radius 2 is 1.76 bits per heavy atom. The summed E-state index contributed by atoms with van der Waals surface area (Å²) in [5.41, 5.74) is 0.678. The van der Waals surface area contributed by atoms with Crippen LogP contribution in [0.5, 0.6) is 0 Å². The van der Waals surface area contributed by atoms with Gasteiger partial charge in [0.05, 0.1) is 45.9 Å². The van der Waals surface area contributed by atoms with E-state index in [4.69, 9.17) is 27.9 Å². The molecule has 2 aromatic carbocycles. The van der Waals surface area contributed by atoms with Gasteiger partial charge >= 0.3 is 23.3 Å². The fourth-order valence-electron chi connectivity index (χ4n) is 6.90. The number of hydrogen-bond donors (Lipinski definition) is 4. The van der Waals surface area contributed by atoms with Crippen molar-refractivity contribution in [1.29, 1.82) is 0 Å². The third-order valence-corrected chi connectivity index (χ3v) is 10.2. The number of benzene rings is 2. The first kappa shape index (κ1) is 38.3. The van der Waals surface area contributed by atoms with Crippen LogP contribution >= 0.6 is 23.2 Å². The number of imidazole rings is 1. The van der Waals surface area contributed by atoms with E-state index in [1.807, 2.05) is 0 Å². The Hall–Kier alpha value is -5.48. The summed E-state index contributed by atoms with van der Waals surface area (Å²) >= 11 is 12.1. The smallest absolute Gasteiger partial charge is 0.348 e. The lowest BCUT2D eigenvalue weighted by atomic mass is 9.84. The van der Waals surface area contributed by atoms with Crippen LogP contribution in [-0.2, 0) is 32.2 Å². The zero-order chi connectivity index (χ0) is 38.5. The fourth-order valence-corrected chi connectivity index (χ4v) is 7.46. The van der Waals surface area contributed by atoms with Crippen molar-refractivity contribution < 1.29 is 33.8 Å². The van der Waals surface area contributed by atoms with Gasteiger partial charge in [-0.3, -0.25) is 19.2 Å². The summed E-state index contributed by atoms with van der Waals surface area (Å²) in [4.78, 5) is 99.1. The molecule has 4 N–H and O–H groups in total. The number of amides is 2. The summed E-state index contributed by atoms with van der Waals surface area (Å²) in [6.45, 7) is -1.19. The van der Waals surface area contributed by atoms with Gasteiger partial charge in [-0.15, -0.1) is 0 Å². The molecule has 1 fully saturated rings. The maximum Gasteiger partial charge on any atom is 0.348 e. The second-order valence-corrected chi connectivity index (χ2v) is 14.1. The number of hydrogen-bond acceptors (Lipinski definition) is 9. The van der Waals surface area contributed by atoms with Gasteiger partial charge < -0.3 is 25.5 Å². The number of allylic oxidation sites excluding steroid dienone is 1. The number of halogens is 2. The number of carboxylic acid groups (broad SMARTS) is 1. The van der Waals surface area contributed by atoms with Gasteiger partial charge in [-0.05, 0) is 54.3 Å². The normalized spacial score (nSPS) is 16.3. The van der Waals surface area contributed by atoms with Crippen LogP contribution in [-0.4, -0.2) is 77.7 Å². The molecule has 0 spiro atoms. The van der Waals surface area contributed by atoms with E-state index >= 15 is 0 Å². The summed E-state index contributed by atoms with van der Waals surface area (Å²) in [5.74, 6) is -4.47. The van der Waals surface area contributed by atoms with E-state index < -0.39 is 66.0 Å². The number of H-pyrrole nitrogens is 1. The molecule has 6 rings (SSSR count). The first-order valence-electron chi connectivity index (χ1n) is 17.4. The molecular weight excluding hydrogens is 745 g/mol. The molecule has 1 aliphatic heterocycles.